The number of rotatable bonds is 10. The van der Waals surface area contributed by atoms with Gasteiger partial charge in [-0.1, -0.05) is 32.9 Å². The normalized spacial score (nSPS) is 19.8. The van der Waals surface area contributed by atoms with Crippen LogP contribution in [0, 0.1) is 17.3 Å². The Kier molecular flexibility index (Phi) is 8.89. The highest BCUT2D eigenvalue weighted by molar-refractivity contribution is 5.70. The topological polar surface area (TPSA) is 72.5 Å². The Labute approximate surface area is 208 Å². The fourth-order valence-corrected chi connectivity index (χ4v) is 4.51. The molecular formula is C28H38O7. The van der Waals surface area contributed by atoms with E-state index >= 15 is 0 Å². The predicted molar refractivity (Wildman–Crippen MR) is 134 cm³/mol. The number of methoxy groups -OCH3 is 4. The van der Waals surface area contributed by atoms with E-state index in [4.69, 9.17) is 28.4 Å². The lowest BCUT2D eigenvalue weighted by Crippen LogP contribution is -2.25. The van der Waals surface area contributed by atoms with E-state index in [9.17, 15) is 4.79 Å². The molecule has 3 atom stereocenters. The van der Waals surface area contributed by atoms with Crippen LogP contribution in [0.2, 0.25) is 0 Å². The summed E-state index contributed by atoms with van der Waals surface area (Å²) in [6, 6.07) is 11.7. The first-order valence-corrected chi connectivity index (χ1v) is 11.9. The molecule has 0 saturated carbocycles. The zero-order valence-corrected chi connectivity index (χ0v) is 21.9. The van der Waals surface area contributed by atoms with Gasteiger partial charge < -0.3 is 28.4 Å². The average molecular weight is 487 g/mol. The van der Waals surface area contributed by atoms with Crippen LogP contribution in [-0.4, -0.2) is 47.6 Å². The zero-order valence-electron chi connectivity index (χ0n) is 21.9. The van der Waals surface area contributed by atoms with Crippen molar-refractivity contribution < 1.29 is 33.2 Å². The Balaban J connectivity index is 1.85. The first-order valence-electron chi connectivity index (χ1n) is 11.9. The van der Waals surface area contributed by atoms with Crippen LogP contribution >= 0.6 is 0 Å². The quantitative estimate of drug-likeness (QED) is 0.425. The van der Waals surface area contributed by atoms with E-state index in [1.807, 2.05) is 57.2 Å². The van der Waals surface area contributed by atoms with E-state index in [1.165, 1.54) is 0 Å². The second-order valence-electron chi connectivity index (χ2n) is 10.1. The van der Waals surface area contributed by atoms with Crippen molar-refractivity contribution in [1.82, 2.24) is 0 Å². The molecule has 3 rings (SSSR count). The first kappa shape index (κ1) is 26.7. The fraction of sp³-hybridized carbons (Fsp3) is 0.536. The van der Waals surface area contributed by atoms with Crippen LogP contribution < -0.4 is 18.9 Å². The third kappa shape index (κ3) is 6.82. The van der Waals surface area contributed by atoms with Crippen molar-refractivity contribution in [2.24, 2.45) is 17.3 Å². The maximum absolute atomic E-state index is 12.5. The van der Waals surface area contributed by atoms with Crippen molar-refractivity contribution in [3.8, 4) is 23.0 Å². The molecule has 1 heterocycles. The van der Waals surface area contributed by atoms with Gasteiger partial charge in [-0.2, -0.15) is 0 Å². The van der Waals surface area contributed by atoms with E-state index < -0.39 is 0 Å². The van der Waals surface area contributed by atoms with Crippen LogP contribution in [0.25, 0.3) is 0 Å². The Morgan fingerprint density at radius 1 is 0.886 bits per heavy atom. The molecule has 0 unspecified atom stereocenters. The summed E-state index contributed by atoms with van der Waals surface area (Å²) in [4.78, 5) is 12.5. The van der Waals surface area contributed by atoms with E-state index in [0.29, 0.717) is 36.0 Å². The zero-order chi connectivity index (χ0) is 25.6. The third-order valence-electron chi connectivity index (χ3n) is 6.28. The van der Waals surface area contributed by atoms with Crippen LogP contribution in [-0.2, 0) is 20.7 Å². The molecule has 1 saturated heterocycles. The van der Waals surface area contributed by atoms with Gasteiger partial charge in [0.1, 0.15) is 0 Å². The molecule has 0 amide bonds. The van der Waals surface area contributed by atoms with Crippen LogP contribution in [0.1, 0.15) is 44.4 Å². The molecule has 0 aromatic heterocycles. The Morgan fingerprint density at radius 3 is 2.09 bits per heavy atom. The van der Waals surface area contributed by atoms with Crippen LogP contribution in [0.5, 0.6) is 23.0 Å². The van der Waals surface area contributed by atoms with Gasteiger partial charge in [-0.15, -0.1) is 0 Å². The first-order chi connectivity index (χ1) is 16.7. The van der Waals surface area contributed by atoms with Gasteiger partial charge in [0.15, 0.2) is 23.0 Å². The van der Waals surface area contributed by atoms with Gasteiger partial charge in [0, 0.05) is 5.92 Å². The minimum absolute atomic E-state index is 0.0230. The molecule has 0 spiro atoms. The molecule has 7 heteroatoms. The summed E-state index contributed by atoms with van der Waals surface area (Å²) in [7, 11) is 6.48. The van der Waals surface area contributed by atoms with Gasteiger partial charge in [-0.25, -0.2) is 0 Å². The molecule has 1 aliphatic heterocycles. The number of ether oxygens (including phenoxy) is 6. The van der Waals surface area contributed by atoms with E-state index in [-0.39, 0.29) is 35.9 Å². The summed E-state index contributed by atoms with van der Waals surface area (Å²) in [5, 5.41) is 0. The smallest absolute Gasteiger partial charge is 0.306 e. The van der Waals surface area contributed by atoms with Crippen molar-refractivity contribution in [2.45, 2.75) is 39.7 Å². The SMILES string of the molecule is COc1ccc(C[C@H]2CO[C@H](c3ccc(OC)c(OC)c3)[C@H]2COC(=O)CC(C)(C)C)cc1OC. The van der Waals surface area contributed by atoms with Crippen molar-refractivity contribution >= 4 is 5.97 Å². The molecule has 1 aliphatic rings. The predicted octanol–water partition coefficient (Wildman–Crippen LogP) is 5.25. The number of carbonyl (C=O) groups is 1. The fourth-order valence-electron chi connectivity index (χ4n) is 4.51. The molecule has 1 fully saturated rings. The Hall–Kier alpha value is -2.93. The maximum atomic E-state index is 12.5. The lowest BCUT2D eigenvalue weighted by Gasteiger charge is -2.25. The summed E-state index contributed by atoms with van der Waals surface area (Å²) in [6.45, 7) is 6.92. The highest BCUT2D eigenvalue weighted by Gasteiger charge is 2.39. The standard InChI is InChI=1S/C28H38O7/c1-28(2,3)15-26(29)34-17-21-20(12-18-8-10-22(30-4)24(13-18)32-6)16-35-27(21)19-9-11-23(31-5)25(14-19)33-7/h8-11,13-14,20-21,27H,12,15-17H2,1-7H3/t20-,21-,27+/m0/s1. The summed E-state index contributed by atoms with van der Waals surface area (Å²) in [6.07, 6.45) is 0.885. The van der Waals surface area contributed by atoms with Crippen molar-refractivity contribution in [2.75, 3.05) is 41.7 Å². The summed E-state index contributed by atoms with van der Waals surface area (Å²) >= 11 is 0. The minimum Gasteiger partial charge on any atom is -0.493 e. The highest BCUT2D eigenvalue weighted by atomic mass is 16.5. The molecule has 0 radical (unpaired) electrons. The monoisotopic (exact) mass is 486 g/mol. The lowest BCUT2D eigenvalue weighted by molar-refractivity contribution is -0.148. The molecule has 0 aliphatic carbocycles. The molecule has 192 valence electrons. The summed E-state index contributed by atoms with van der Waals surface area (Å²) < 4.78 is 33.8. The number of hydrogen-bond acceptors (Lipinski definition) is 7. The van der Waals surface area contributed by atoms with Crippen LogP contribution in [0.4, 0.5) is 0 Å². The lowest BCUT2D eigenvalue weighted by atomic mass is 9.84. The number of hydrogen-bond donors (Lipinski definition) is 0. The Bertz CT molecular complexity index is 995. The molecule has 0 N–H and O–H groups in total. The second-order valence-corrected chi connectivity index (χ2v) is 10.1. The molecule has 35 heavy (non-hydrogen) atoms. The van der Waals surface area contributed by atoms with Gasteiger partial charge in [0.05, 0.1) is 54.2 Å². The second kappa shape index (κ2) is 11.7. The average Bonchev–Trinajstić information content (AvgIpc) is 3.23. The highest BCUT2D eigenvalue weighted by Crippen LogP contribution is 2.43. The number of carbonyl (C=O) groups excluding carboxylic acids is 1. The van der Waals surface area contributed by atoms with Gasteiger partial charge in [0.25, 0.3) is 0 Å². The van der Waals surface area contributed by atoms with Crippen LogP contribution in [0.15, 0.2) is 36.4 Å². The molecule has 0 bridgehead atoms. The van der Waals surface area contributed by atoms with Crippen molar-refractivity contribution in [3.05, 3.63) is 47.5 Å². The van der Waals surface area contributed by atoms with E-state index in [0.717, 1.165) is 17.5 Å². The third-order valence-corrected chi connectivity index (χ3v) is 6.28. The van der Waals surface area contributed by atoms with E-state index in [2.05, 4.69) is 0 Å². The van der Waals surface area contributed by atoms with Gasteiger partial charge in [0.2, 0.25) is 0 Å². The van der Waals surface area contributed by atoms with Gasteiger partial charge >= 0.3 is 5.97 Å². The van der Waals surface area contributed by atoms with Gasteiger partial charge in [-0.05, 0) is 53.1 Å². The number of esters is 1. The largest absolute Gasteiger partial charge is 0.493 e. The summed E-state index contributed by atoms with van der Waals surface area (Å²) in [5.41, 5.74) is 1.94. The molecule has 2 aromatic carbocycles. The molecule has 2 aromatic rings. The van der Waals surface area contributed by atoms with Crippen molar-refractivity contribution in [3.63, 3.8) is 0 Å². The molecular weight excluding hydrogens is 448 g/mol. The van der Waals surface area contributed by atoms with Crippen LogP contribution in [0.3, 0.4) is 0 Å². The minimum atomic E-state index is -0.234. The van der Waals surface area contributed by atoms with E-state index in [1.54, 1.807) is 28.4 Å². The van der Waals surface area contributed by atoms with Gasteiger partial charge in [-0.3, -0.25) is 4.79 Å². The maximum Gasteiger partial charge on any atom is 0.306 e. The number of benzene rings is 2. The van der Waals surface area contributed by atoms with Crippen molar-refractivity contribution in [1.29, 1.82) is 0 Å². The Morgan fingerprint density at radius 2 is 1.49 bits per heavy atom. The molecule has 7 nitrogen and oxygen atoms in total. The summed E-state index contributed by atoms with van der Waals surface area (Å²) in [5.74, 6) is 2.60.